The maximum Gasteiger partial charge on any atom is 0.194 e. The van der Waals surface area contributed by atoms with Gasteiger partial charge in [-0.15, -0.1) is 0 Å². The Morgan fingerprint density at radius 2 is 1.93 bits per heavy atom. The number of nitrogens with one attached hydrogen (secondary N) is 1. The Labute approximate surface area is 84.0 Å². The number of phenolic OH excluding ortho intramolecular Hbond substituents is 2. The number of H-pyrrole nitrogens is 1. The Bertz CT molecular complexity index is 510. The van der Waals surface area contributed by atoms with Gasteiger partial charge in [0.2, 0.25) is 0 Å². The van der Waals surface area contributed by atoms with Crippen LogP contribution in [-0.4, -0.2) is 20.4 Å². The van der Waals surface area contributed by atoms with Gasteiger partial charge in [-0.1, -0.05) is 0 Å². The minimum atomic E-state index is -0.890. The fraction of sp³-hybridized carbons (Fsp3) is 0. The maximum absolute atomic E-state index is 12.8. The van der Waals surface area contributed by atoms with Gasteiger partial charge in [-0.25, -0.2) is 4.39 Å². The van der Waals surface area contributed by atoms with Crippen LogP contribution in [0.1, 0.15) is 0 Å². The number of hydrogen-bond acceptors (Lipinski definition) is 4. The Kier molecular flexibility index (Phi) is 1.96. The first kappa shape index (κ1) is 9.32. The fourth-order valence-electron chi connectivity index (χ4n) is 1.28. The van der Waals surface area contributed by atoms with Gasteiger partial charge in [-0.2, -0.15) is 5.10 Å². The second-order valence-corrected chi connectivity index (χ2v) is 2.99. The molecule has 78 valence electrons. The third-order valence-corrected chi connectivity index (χ3v) is 2.06. The number of anilines is 1. The summed E-state index contributed by atoms with van der Waals surface area (Å²) in [6, 6.07) is 2.35. The lowest BCUT2D eigenvalue weighted by atomic mass is 10.1. The van der Waals surface area contributed by atoms with Crippen molar-refractivity contribution in [3.63, 3.8) is 0 Å². The molecule has 1 aromatic carbocycles. The highest BCUT2D eigenvalue weighted by Gasteiger charge is 2.15. The molecule has 6 heteroatoms. The first-order chi connectivity index (χ1) is 7.11. The van der Waals surface area contributed by atoms with Crippen LogP contribution in [-0.2, 0) is 0 Å². The van der Waals surface area contributed by atoms with E-state index in [2.05, 4.69) is 10.2 Å². The molecule has 1 aromatic heterocycles. The topological polar surface area (TPSA) is 95.2 Å². The van der Waals surface area contributed by atoms with Gasteiger partial charge >= 0.3 is 0 Å². The van der Waals surface area contributed by atoms with Crippen molar-refractivity contribution in [2.75, 3.05) is 5.73 Å². The van der Waals surface area contributed by atoms with Crippen LogP contribution in [0.25, 0.3) is 11.1 Å². The summed E-state index contributed by atoms with van der Waals surface area (Å²) in [5.41, 5.74) is 6.15. The molecule has 0 saturated heterocycles. The van der Waals surface area contributed by atoms with Crippen molar-refractivity contribution in [2.24, 2.45) is 0 Å². The quantitative estimate of drug-likeness (QED) is 0.531. The zero-order chi connectivity index (χ0) is 11.0. The molecule has 0 aliphatic carbocycles. The molecule has 0 spiro atoms. The number of benzene rings is 1. The van der Waals surface area contributed by atoms with Crippen LogP contribution in [0.4, 0.5) is 10.2 Å². The molecule has 0 unspecified atom stereocenters. The van der Waals surface area contributed by atoms with Gasteiger partial charge in [0.25, 0.3) is 0 Å². The molecular weight excluding hydrogens is 201 g/mol. The number of phenols is 2. The minimum absolute atomic E-state index is 0.222. The molecule has 15 heavy (non-hydrogen) atoms. The van der Waals surface area contributed by atoms with E-state index in [4.69, 9.17) is 5.73 Å². The molecule has 2 aromatic rings. The largest absolute Gasteiger partial charge is 0.504 e. The lowest BCUT2D eigenvalue weighted by Crippen LogP contribution is -1.89. The van der Waals surface area contributed by atoms with Crippen LogP contribution in [0.2, 0.25) is 0 Å². The third-order valence-electron chi connectivity index (χ3n) is 2.06. The van der Waals surface area contributed by atoms with Gasteiger partial charge < -0.3 is 15.9 Å². The van der Waals surface area contributed by atoms with Crippen LogP contribution >= 0.6 is 0 Å². The van der Waals surface area contributed by atoms with Crippen LogP contribution in [0, 0.1) is 5.82 Å². The minimum Gasteiger partial charge on any atom is -0.504 e. The predicted molar refractivity (Wildman–Crippen MR) is 51.7 cm³/mol. The van der Waals surface area contributed by atoms with Gasteiger partial charge in [0.1, 0.15) is 5.82 Å². The highest BCUT2D eigenvalue weighted by atomic mass is 19.1. The van der Waals surface area contributed by atoms with E-state index in [9.17, 15) is 14.6 Å². The number of nitrogens with two attached hydrogens (primary N) is 1. The Hall–Kier alpha value is -2.24. The second-order valence-electron chi connectivity index (χ2n) is 2.99. The fourth-order valence-corrected chi connectivity index (χ4v) is 1.28. The number of nitrogens with zero attached hydrogens (tertiary/aromatic N) is 1. The first-order valence-electron chi connectivity index (χ1n) is 4.11. The summed E-state index contributed by atoms with van der Waals surface area (Å²) >= 11 is 0. The molecule has 0 saturated carbocycles. The number of nitrogen functional groups attached to an aromatic ring is 1. The normalized spacial score (nSPS) is 10.5. The number of halogens is 1. The van der Waals surface area contributed by atoms with Crippen molar-refractivity contribution in [1.29, 1.82) is 0 Å². The standard InChI is InChI=1S/C9H8FN3O2/c10-6-2-1-4(7(14)8(6)15)5-3-12-13-9(5)11/h1-3,14-15H,(H3,11,12,13). The Balaban J connectivity index is 2.65. The first-order valence-corrected chi connectivity index (χ1v) is 4.11. The Morgan fingerprint density at radius 3 is 2.53 bits per heavy atom. The zero-order valence-corrected chi connectivity index (χ0v) is 7.53. The van der Waals surface area contributed by atoms with Gasteiger partial charge in [0, 0.05) is 11.1 Å². The summed E-state index contributed by atoms with van der Waals surface area (Å²) in [6.07, 6.45) is 1.38. The predicted octanol–water partition coefficient (Wildman–Crippen LogP) is 1.21. The van der Waals surface area contributed by atoms with E-state index in [0.29, 0.717) is 5.56 Å². The van der Waals surface area contributed by atoms with Crippen molar-refractivity contribution in [1.82, 2.24) is 10.2 Å². The summed E-state index contributed by atoms with van der Waals surface area (Å²) in [6.45, 7) is 0. The summed E-state index contributed by atoms with van der Waals surface area (Å²) in [4.78, 5) is 0. The molecule has 5 nitrogen and oxygen atoms in total. The lowest BCUT2D eigenvalue weighted by molar-refractivity contribution is 0.380. The van der Waals surface area contributed by atoms with Crippen LogP contribution in [0.3, 0.4) is 0 Å². The highest BCUT2D eigenvalue weighted by molar-refractivity contribution is 5.79. The van der Waals surface area contributed by atoms with Gasteiger partial charge in [0.15, 0.2) is 17.3 Å². The average Bonchev–Trinajstić information content (AvgIpc) is 2.62. The summed E-state index contributed by atoms with van der Waals surface area (Å²) in [7, 11) is 0. The maximum atomic E-state index is 12.8. The number of aromatic nitrogens is 2. The molecule has 0 aliphatic heterocycles. The lowest BCUT2D eigenvalue weighted by Gasteiger charge is -2.05. The van der Waals surface area contributed by atoms with E-state index in [-0.39, 0.29) is 11.4 Å². The molecule has 0 fully saturated rings. The average molecular weight is 209 g/mol. The van der Waals surface area contributed by atoms with Crippen molar-refractivity contribution >= 4 is 5.82 Å². The number of aromatic hydroxyl groups is 2. The van der Waals surface area contributed by atoms with Crippen molar-refractivity contribution in [3.8, 4) is 22.6 Å². The number of aromatic amines is 1. The second kappa shape index (κ2) is 3.16. The molecule has 0 aliphatic rings. The molecule has 0 atom stereocenters. The monoisotopic (exact) mass is 209 g/mol. The van der Waals surface area contributed by atoms with Gasteiger partial charge in [0.05, 0.1) is 6.20 Å². The smallest absolute Gasteiger partial charge is 0.194 e. The summed E-state index contributed by atoms with van der Waals surface area (Å²) in [5, 5.41) is 24.8. The number of hydrogen-bond donors (Lipinski definition) is 4. The van der Waals surface area contributed by atoms with Crippen LogP contribution in [0.5, 0.6) is 11.5 Å². The Morgan fingerprint density at radius 1 is 1.20 bits per heavy atom. The van der Waals surface area contributed by atoms with Crippen molar-refractivity contribution in [3.05, 3.63) is 24.1 Å². The van der Waals surface area contributed by atoms with Crippen LogP contribution in [0.15, 0.2) is 18.3 Å². The highest BCUT2D eigenvalue weighted by Crippen LogP contribution is 2.39. The van der Waals surface area contributed by atoms with Crippen molar-refractivity contribution in [2.45, 2.75) is 0 Å². The van der Waals surface area contributed by atoms with E-state index < -0.39 is 17.3 Å². The molecule has 2 rings (SSSR count). The third kappa shape index (κ3) is 1.35. The molecular formula is C9H8FN3O2. The number of rotatable bonds is 1. The van der Waals surface area contributed by atoms with E-state index in [1.54, 1.807) is 0 Å². The molecule has 5 N–H and O–H groups in total. The van der Waals surface area contributed by atoms with Gasteiger partial charge in [-0.3, -0.25) is 5.10 Å². The summed E-state index contributed by atoms with van der Waals surface area (Å²) < 4.78 is 12.8. The molecule has 0 bridgehead atoms. The molecule has 1 heterocycles. The SMILES string of the molecule is Nc1[nH]ncc1-c1ccc(F)c(O)c1O. The van der Waals surface area contributed by atoms with E-state index >= 15 is 0 Å². The summed E-state index contributed by atoms with van der Waals surface area (Å²) in [5.74, 6) is -2.01. The van der Waals surface area contributed by atoms with Crippen molar-refractivity contribution < 1.29 is 14.6 Å². The molecule has 0 amide bonds. The van der Waals surface area contributed by atoms with E-state index in [1.807, 2.05) is 0 Å². The van der Waals surface area contributed by atoms with Crippen LogP contribution < -0.4 is 5.73 Å². The van der Waals surface area contributed by atoms with E-state index in [1.165, 1.54) is 12.3 Å². The molecule has 0 radical (unpaired) electrons. The van der Waals surface area contributed by atoms with Gasteiger partial charge in [-0.05, 0) is 12.1 Å². The van der Waals surface area contributed by atoms with E-state index in [0.717, 1.165) is 6.07 Å². The zero-order valence-electron chi connectivity index (χ0n) is 7.53.